The van der Waals surface area contributed by atoms with E-state index in [4.69, 9.17) is 9.72 Å². The summed E-state index contributed by atoms with van der Waals surface area (Å²) < 4.78 is 6.73. The lowest BCUT2D eigenvalue weighted by molar-refractivity contribution is 0.0600. The van der Waals surface area contributed by atoms with Gasteiger partial charge in [0.2, 0.25) is 0 Å². The predicted molar refractivity (Wildman–Crippen MR) is 132 cm³/mol. The summed E-state index contributed by atoms with van der Waals surface area (Å²) in [5.74, 6) is -0.559. The van der Waals surface area contributed by atoms with Gasteiger partial charge in [0.25, 0.3) is 5.91 Å². The molecule has 168 valence electrons. The molecule has 3 aromatic carbocycles. The maximum atomic E-state index is 13.2. The Morgan fingerprint density at radius 1 is 0.882 bits per heavy atom. The molecule has 0 radical (unpaired) electrons. The number of benzene rings is 3. The van der Waals surface area contributed by atoms with E-state index in [1.807, 2.05) is 65.2 Å². The second-order valence-electron chi connectivity index (χ2n) is 8.04. The monoisotopic (exact) mass is 449 g/mol. The molecule has 0 atom stereocenters. The molecule has 2 aromatic heterocycles. The van der Waals surface area contributed by atoms with Crippen molar-refractivity contribution in [1.82, 2.24) is 14.9 Å². The number of hydrogen-bond donors (Lipinski definition) is 1. The zero-order valence-electron chi connectivity index (χ0n) is 18.7. The van der Waals surface area contributed by atoms with E-state index < -0.39 is 0 Å². The van der Waals surface area contributed by atoms with E-state index in [1.165, 1.54) is 7.11 Å². The third-order valence-corrected chi connectivity index (χ3v) is 5.85. The molecule has 0 saturated carbocycles. The first kappa shape index (κ1) is 21.4. The first-order valence-corrected chi connectivity index (χ1v) is 11.0. The van der Waals surface area contributed by atoms with Gasteiger partial charge in [-0.25, -0.2) is 4.79 Å². The van der Waals surface area contributed by atoms with E-state index in [9.17, 15) is 9.59 Å². The predicted octanol–water partition coefficient (Wildman–Crippen LogP) is 4.95. The average Bonchev–Trinajstić information content (AvgIpc) is 3.25. The molecule has 0 aliphatic rings. The molecule has 1 N–H and O–H groups in total. The second-order valence-corrected chi connectivity index (χ2v) is 8.04. The average molecular weight is 450 g/mol. The van der Waals surface area contributed by atoms with Crippen LogP contribution in [0.25, 0.3) is 21.8 Å². The van der Waals surface area contributed by atoms with Crippen molar-refractivity contribution in [2.24, 2.45) is 0 Å². The van der Waals surface area contributed by atoms with Crippen LogP contribution < -0.4 is 5.32 Å². The topological polar surface area (TPSA) is 73.2 Å². The number of para-hydroxylation sites is 2. The number of aromatic nitrogens is 2. The largest absolute Gasteiger partial charge is 0.465 e. The molecule has 34 heavy (non-hydrogen) atoms. The molecule has 0 aliphatic heterocycles. The highest BCUT2D eigenvalue weighted by molar-refractivity contribution is 5.99. The minimum Gasteiger partial charge on any atom is -0.465 e. The first-order valence-electron chi connectivity index (χ1n) is 11.0. The second kappa shape index (κ2) is 9.19. The van der Waals surface area contributed by atoms with Gasteiger partial charge < -0.3 is 14.6 Å². The summed E-state index contributed by atoms with van der Waals surface area (Å²) in [5, 5.41) is 5.08. The highest BCUT2D eigenvalue weighted by Gasteiger charge is 2.16. The lowest BCUT2D eigenvalue weighted by Gasteiger charge is -2.12. The van der Waals surface area contributed by atoms with Crippen molar-refractivity contribution in [1.29, 1.82) is 0 Å². The standard InChI is InChI=1S/C28H23N3O3/c1-34-28(33)21-12-10-19(11-13-21)17-29-27(32)26-16-22-7-3-5-9-25(22)31(26)18-23-15-14-20-6-2-4-8-24(20)30-23/h2-16H,17-18H2,1H3,(H,29,32). The van der Waals surface area contributed by atoms with Crippen molar-refractivity contribution in [2.75, 3.05) is 7.11 Å². The number of carbonyl (C=O) groups is 2. The number of carbonyl (C=O) groups excluding carboxylic acids is 2. The van der Waals surface area contributed by atoms with Gasteiger partial charge in [0.1, 0.15) is 5.69 Å². The number of nitrogens with one attached hydrogen (secondary N) is 1. The number of pyridine rings is 1. The summed E-state index contributed by atoms with van der Waals surface area (Å²) in [6.07, 6.45) is 0. The lowest BCUT2D eigenvalue weighted by Crippen LogP contribution is -2.25. The maximum absolute atomic E-state index is 13.2. The van der Waals surface area contributed by atoms with E-state index in [1.54, 1.807) is 24.3 Å². The smallest absolute Gasteiger partial charge is 0.337 e. The Balaban J connectivity index is 1.40. The van der Waals surface area contributed by atoms with Gasteiger partial charge in [-0.05, 0) is 42.0 Å². The molecule has 0 unspecified atom stereocenters. The Morgan fingerprint density at radius 2 is 1.62 bits per heavy atom. The molecule has 6 heteroatoms. The van der Waals surface area contributed by atoms with Crippen molar-refractivity contribution in [3.05, 3.63) is 114 Å². The normalized spacial score (nSPS) is 11.0. The SMILES string of the molecule is COC(=O)c1ccc(CNC(=O)c2cc3ccccc3n2Cc2ccc3ccccc3n2)cc1. The van der Waals surface area contributed by atoms with Gasteiger partial charge in [-0.15, -0.1) is 0 Å². The number of amides is 1. The van der Waals surface area contributed by atoms with Crippen LogP contribution in [0.5, 0.6) is 0 Å². The van der Waals surface area contributed by atoms with E-state index in [-0.39, 0.29) is 11.9 Å². The van der Waals surface area contributed by atoms with Gasteiger partial charge in [0.05, 0.1) is 30.4 Å². The van der Waals surface area contributed by atoms with Crippen LogP contribution in [0, 0.1) is 0 Å². The molecular formula is C28H23N3O3. The van der Waals surface area contributed by atoms with Crippen molar-refractivity contribution in [3.8, 4) is 0 Å². The molecule has 0 bridgehead atoms. The summed E-state index contributed by atoms with van der Waals surface area (Å²) >= 11 is 0. The zero-order valence-corrected chi connectivity index (χ0v) is 18.7. The van der Waals surface area contributed by atoms with Crippen LogP contribution in [0.3, 0.4) is 0 Å². The fraction of sp³-hybridized carbons (Fsp3) is 0.107. The van der Waals surface area contributed by atoms with Crippen LogP contribution in [0.15, 0.2) is 91.0 Å². The number of methoxy groups -OCH3 is 1. The number of esters is 1. The summed E-state index contributed by atoms with van der Waals surface area (Å²) in [4.78, 5) is 29.6. The third-order valence-electron chi connectivity index (χ3n) is 5.85. The van der Waals surface area contributed by atoms with Crippen LogP contribution in [0.4, 0.5) is 0 Å². The van der Waals surface area contributed by atoms with Crippen molar-refractivity contribution in [2.45, 2.75) is 13.1 Å². The molecule has 0 fully saturated rings. The summed E-state index contributed by atoms with van der Waals surface area (Å²) in [6.45, 7) is 0.824. The van der Waals surface area contributed by atoms with Crippen LogP contribution in [-0.4, -0.2) is 28.5 Å². The number of ether oxygens (including phenoxy) is 1. The summed E-state index contributed by atoms with van der Waals surface area (Å²) in [7, 11) is 1.35. The number of fused-ring (bicyclic) bond motifs is 2. The van der Waals surface area contributed by atoms with Crippen LogP contribution in [-0.2, 0) is 17.8 Å². The Hall–Kier alpha value is -4.45. The molecule has 6 nitrogen and oxygen atoms in total. The molecule has 0 saturated heterocycles. The molecule has 2 heterocycles. The molecular weight excluding hydrogens is 426 g/mol. The number of hydrogen-bond acceptors (Lipinski definition) is 4. The minimum absolute atomic E-state index is 0.172. The molecule has 5 rings (SSSR count). The van der Waals surface area contributed by atoms with E-state index >= 15 is 0 Å². The van der Waals surface area contributed by atoms with Crippen LogP contribution in [0.1, 0.15) is 32.1 Å². The van der Waals surface area contributed by atoms with Crippen molar-refractivity contribution >= 4 is 33.7 Å². The number of nitrogens with zero attached hydrogens (tertiary/aromatic N) is 2. The third kappa shape index (κ3) is 4.26. The van der Waals surface area contributed by atoms with Gasteiger partial charge in [-0.2, -0.15) is 0 Å². The number of rotatable bonds is 6. The Labute approximate surface area is 196 Å². The zero-order chi connectivity index (χ0) is 23.5. The minimum atomic E-state index is -0.387. The van der Waals surface area contributed by atoms with Crippen molar-refractivity contribution < 1.29 is 14.3 Å². The van der Waals surface area contributed by atoms with Gasteiger partial charge >= 0.3 is 5.97 Å². The van der Waals surface area contributed by atoms with E-state index in [0.717, 1.165) is 33.1 Å². The van der Waals surface area contributed by atoms with Gasteiger partial charge in [0, 0.05) is 22.8 Å². The van der Waals surface area contributed by atoms with Crippen LogP contribution in [0.2, 0.25) is 0 Å². The lowest BCUT2D eigenvalue weighted by atomic mass is 10.1. The summed E-state index contributed by atoms with van der Waals surface area (Å²) in [5.41, 5.74) is 4.72. The van der Waals surface area contributed by atoms with Gasteiger partial charge in [-0.1, -0.05) is 54.6 Å². The highest BCUT2D eigenvalue weighted by Crippen LogP contribution is 2.22. The Morgan fingerprint density at radius 3 is 2.41 bits per heavy atom. The Kier molecular flexibility index (Phi) is 5.79. The first-order chi connectivity index (χ1) is 16.6. The Bertz CT molecular complexity index is 1500. The maximum Gasteiger partial charge on any atom is 0.337 e. The van der Waals surface area contributed by atoms with Gasteiger partial charge in [0.15, 0.2) is 0 Å². The van der Waals surface area contributed by atoms with Crippen LogP contribution >= 0.6 is 0 Å². The summed E-state index contributed by atoms with van der Waals surface area (Å²) in [6, 6.07) is 28.9. The molecule has 1 amide bonds. The van der Waals surface area contributed by atoms with E-state index in [2.05, 4.69) is 11.4 Å². The van der Waals surface area contributed by atoms with Gasteiger partial charge in [-0.3, -0.25) is 9.78 Å². The molecule has 0 spiro atoms. The molecule has 5 aromatic rings. The molecule has 0 aliphatic carbocycles. The highest BCUT2D eigenvalue weighted by atomic mass is 16.5. The van der Waals surface area contributed by atoms with Crippen molar-refractivity contribution in [3.63, 3.8) is 0 Å². The fourth-order valence-corrected chi connectivity index (χ4v) is 4.08. The quantitative estimate of drug-likeness (QED) is 0.372. The van der Waals surface area contributed by atoms with E-state index in [0.29, 0.717) is 24.3 Å². The fourth-order valence-electron chi connectivity index (χ4n) is 4.08.